The number of hydrogen-bond donors (Lipinski definition) is 3. The highest BCUT2D eigenvalue weighted by molar-refractivity contribution is 7.98. The molecule has 26 heavy (non-hydrogen) atoms. The molecule has 0 aliphatic heterocycles. The van der Waals surface area contributed by atoms with E-state index < -0.39 is 17.7 Å². The molecule has 3 amide bonds. The molecule has 0 atom stereocenters. The maximum atomic E-state index is 12.0. The Morgan fingerprint density at radius 2 is 1.88 bits per heavy atom. The highest BCUT2D eigenvalue weighted by Gasteiger charge is 2.26. The summed E-state index contributed by atoms with van der Waals surface area (Å²) in [6, 6.07) is 7.09. The largest absolute Gasteiger partial charge is 0.345 e. The summed E-state index contributed by atoms with van der Waals surface area (Å²) < 4.78 is 0. The van der Waals surface area contributed by atoms with Gasteiger partial charge in [0.15, 0.2) is 0 Å². The number of carbonyl (C=O) groups is 3. The van der Waals surface area contributed by atoms with E-state index in [2.05, 4.69) is 21.2 Å². The van der Waals surface area contributed by atoms with E-state index in [1.165, 1.54) is 0 Å². The van der Waals surface area contributed by atoms with Crippen molar-refractivity contribution in [1.29, 1.82) is 0 Å². The second kappa shape index (κ2) is 8.33. The van der Waals surface area contributed by atoms with Crippen LogP contribution in [0.2, 0.25) is 0 Å². The summed E-state index contributed by atoms with van der Waals surface area (Å²) in [7, 11) is 0. The van der Waals surface area contributed by atoms with Crippen LogP contribution < -0.4 is 16.2 Å². The van der Waals surface area contributed by atoms with Gasteiger partial charge in [-0.25, -0.2) is 4.98 Å². The molecule has 1 aromatic heterocycles. The van der Waals surface area contributed by atoms with Crippen molar-refractivity contribution in [2.75, 3.05) is 0 Å². The number of aryl methyl sites for hydroxylation is 1. The van der Waals surface area contributed by atoms with E-state index in [4.69, 9.17) is 0 Å². The Kier molecular flexibility index (Phi) is 5.89. The Morgan fingerprint density at radius 3 is 2.50 bits per heavy atom. The molecule has 1 aliphatic rings. The highest BCUT2D eigenvalue weighted by atomic mass is 32.2. The molecule has 0 bridgehead atoms. The summed E-state index contributed by atoms with van der Waals surface area (Å²) in [4.78, 5) is 40.5. The fourth-order valence-corrected chi connectivity index (χ4v) is 3.56. The van der Waals surface area contributed by atoms with E-state index in [0.29, 0.717) is 5.56 Å². The van der Waals surface area contributed by atoms with Crippen LogP contribution in [0, 0.1) is 6.92 Å². The van der Waals surface area contributed by atoms with Crippen LogP contribution in [0.3, 0.4) is 0 Å². The molecule has 1 aliphatic carbocycles. The van der Waals surface area contributed by atoms with Crippen LogP contribution in [0.4, 0.5) is 0 Å². The summed E-state index contributed by atoms with van der Waals surface area (Å²) in [5.41, 5.74) is 5.78. The molecule has 3 N–H and O–H groups in total. The zero-order valence-electron chi connectivity index (χ0n) is 14.1. The Bertz CT molecular complexity index is 816. The number of thioether (sulfide) groups is 1. The van der Waals surface area contributed by atoms with Gasteiger partial charge in [0.1, 0.15) is 0 Å². The number of rotatable bonds is 5. The first-order chi connectivity index (χ1) is 12.5. The highest BCUT2D eigenvalue weighted by Crippen LogP contribution is 2.23. The van der Waals surface area contributed by atoms with Gasteiger partial charge in [0.25, 0.3) is 5.91 Å². The molecule has 2 aromatic rings. The van der Waals surface area contributed by atoms with Crippen molar-refractivity contribution in [2.45, 2.75) is 36.5 Å². The Labute approximate surface area is 158 Å². The molecule has 0 radical (unpaired) electrons. The van der Waals surface area contributed by atoms with Gasteiger partial charge in [-0.3, -0.25) is 25.2 Å². The SMILES string of the molecule is Cc1nc(CSc2ccc(C(=O)NNC(=O)C(=O)NC3CC3)cc2)cs1. The number of benzene rings is 1. The van der Waals surface area contributed by atoms with E-state index >= 15 is 0 Å². The van der Waals surface area contributed by atoms with Crippen LogP contribution >= 0.6 is 23.1 Å². The van der Waals surface area contributed by atoms with Gasteiger partial charge in [-0.15, -0.1) is 23.1 Å². The molecule has 1 fully saturated rings. The lowest BCUT2D eigenvalue weighted by molar-refractivity contribution is -0.139. The Hall–Kier alpha value is -2.39. The molecule has 0 unspecified atom stereocenters. The average Bonchev–Trinajstić information content (AvgIpc) is 3.36. The van der Waals surface area contributed by atoms with Gasteiger partial charge in [0.05, 0.1) is 10.7 Å². The lowest BCUT2D eigenvalue weighted by atomic mass is 10.2. The van der Waals surface area contributed by atoms with Crippen LogP contribution in [0.5, 0.6) is 0 Å². The first-order valence-electron chi connectivity index (χ1n) is 8.06. The Balaban J connectivity index is 1.45. The average molecular weight is 390 g/mol. The minimum Gasteiger partial charge on any atom is -0.345 e. The van der Waals surface area contributed by atoms with Crippen molar-refractivity contribution >= 4 is 40.8 Å². The zero-order chi connectivity index (χ0) is 18.5. The van der Waals surface area contributed by atoms with Crippen molar-refractivity contribution in [3.05, 3.63) is 45.9 Å². The molecule has 1 saturated carbocycles. The molecule has 7 nitrogen and oxygen atoms in total. The third kappa shape index (κ3) is 5.30. The quantitative estimate of drug-likeness (QED) is 0.411. The second-order valence-electron chi connectivity index (χ2n) is 5.83. The summed E-state index contributed by atoms with van der Waals surface area (Å²) in [6.07, 6.45) is 1.77. The smallest absolute Gasteiger partial charge is 0.327 e. The number of aromatic nitrogens is 1. The van der Waals surface area contributed by atoms with Gasteiger partial charge in [-0.05, 0) is 44.0 Å². The standard InChI is InChI=1S/C17H18N4O3S2/c1-10-18-13(8-25-10)9-26-14-6-2-11(3-7-14)15(22)20-21-17(24)16(23)19-12-4-5-12/h2-3,6-8,12H,4-5,9H2,1H3,(H,19,23)(H,20,22)(H,21,24). The third-order valence-electron chi connectivity index (χ3n) is 3.58. The van der Waals surface area contributed by atoms with E-state index in [1.807, 2.05) is 24.4 Å². The summed E-state index contributed by atoms with van der Waals surface area (Å²) >= 11 is 3.25. The predicted octanol–water partition coefficient (Wildman–Crippen LogP) is 1.78. The van der Waals surface area contributed by atoms with Crippen LogP contribution in [0.25, 0.3) is 0 Å². The zero-order valence-corrected chi connectivity index (χ0v) is 15.7. The minimum atomic E-state index is -0.879. The van der Waals surface area contributed by atoms with Gasteiger partial charge in [0, 0.05) is 27.6 Å². The molecule has 1 aromatic carbocycles. The molecule has 9 heteroatoms. The minimum absolute atomic E-state index is 0.0854. The fraction of sp³-hybridized carbons (Fsp3) is 0.294. The maximum absolute atomic E-state index is 12.0. The first kappa shape index (κ1) is 18.4. The topological polar surface area (TPSA) is 100 Å². The summed E-state index contributed by atoms with van der Waals surface area (Å²) in [6.45, 7) is 1.97. The van der Waals surface area contributed by atoms with Crippen molar-refractivity contribution in [3.63, 3.8) is 0 Å². The molecular weight excluding hydrogens is 372 g/mol. The van der Waals surface area contributed by atoms with E-state index in [0.717, 1.165) is 34.2 Å². The lowest BCUT2D eigenvalue weighted by Gasteiger charge is -2.08. The van der Waals surface area contributed by atoms with E-state index in [-0.39, 0.29) is 6.04 Å². The number of hydrazine groups is 1. The fourth-order valence-electron chi connectivity index (χ4n) is 2.06. The molecule has 1 heterocycles. The van der Waals surface area contributed by atoms with Gasteiger partial charge < -0.3 is 5.32 Å². The van der Waals surface area contributed by atoms with Gasteiger partial charge in [-0.2, -0.15) is 0 Å². The summed E-state index contributed by atoms with van der Waals surface area (Å²) in [5, 5.41) is 5.62. The molecule has 3 rings (SSSR count). The van der Waals surface area contributed by atoms with Crippen LogP contribution in [0.1, 0.15) is 33.9 Å². The number of thiazole rings is 1. The van der Waals surface area contributed by atoms with Gasteiger partial charge >= 0.3 is 11.8 Å². The lowest BCUT2D eigenvalue weighted by Crippen LogP contribution is -2.48. The van der Waals surface area contributed by atoms with Crippen molar-refractivity contribution < 1.29 is 14.4 Å². The molecule has 0 saturated heterocycles. The molecular formula is C17H18N4O3S2. The molecule has 136 valence electrons. The van der Waals surface area contributed by atoms with Crippen LogP contribution in [-0.2, 0) is 15.3 Å². The van der Waals surface area contributed by atoms with Crippen molar-refractivity contribution in [3.8, 4) is 0 Å². The predicted molar refractivity (Wildman–Crippen MR) is 99.6 cm³/mol. The number of amides is 3. The maximum Gasteiger partial charge on any atom is 0.327 e. The molecule has 0 spiro atoms. The van der Waals surface area contributed by atoms with Gasteiger partial charge in [-0.1, -0.05) is 0 Å². The van der Waals surface area contributed by atoms with E-state index in [9.17, 15) is 14.4 Å². The summed E-state index contributed by atoms with van der Waals surface area (Å²) in [5.74, 6) is -1.33. The normalized spacial score (nSPS) is 13.1. The Morgan fingerprint density at radius 1 is 1.15 bits per heavy atom. The van der Waals surface area contributed by atoms with Gasteiger partial charge in [0.2, 0.25) is 0 Å². The second-order valence-corrected chi connectivity index (χ2v) is 7.94. The van der Waals surface area contributed by atoms with Crippen molar-refractivity contribution in [2.24, 2.45) is 0 Å². The van der Waals surface area contributed by atoms with E-state index in [1.54, 1.807) is 35.2 Å². The van der Waals surface area contributed by atoms with Crippen LogP contribution in [-0.4, -0.2) is 28.7 Å². The first-order valence-corrected chi connectivity index (χ1v) is 9.93. The van der Waals surface area contributed by atoms with Crippen LogP contribution in [0.15, 0.2) is 34.5 Å². The number of nitrogens with one attached hydrogen (secondary N) is 3. The number of carbonyl (C=O) groups excluding carboxylic acids is 3. The van der Waals surface area contributed by atoms with Crippen molar-refractivity contribution in [1.82, 2.24) is 21.2 Å². The number of hydrogen-bond acceptors (Lipinski definition) is 6. The third-order valence-corrected chi connectivity index (χ3v) is 5.45. The monoisotopic (exact) mass is 390 g/mol. The number of nitrogens with zero attached hydrogens (tertiary/aromatic N) is 1.